The van der Waals surface area contributed by atoms with E-state index >= 15 is 0 Å². The number of piperidine rings is 2. The molecule has 0 N–H and O–H groups in total. The molecule has 5 rings (SSSR count). The van der Waals surface area contributed by atoms with Crippen molar-refractivity contribution in [3.8, 4) is 0 Å². The van der Waals surface area contributed by atoms with Crippen molar-refractivity contribution in [2.75, 3.05) is 111 Å². The Bertz CT molecular complexity index is 1480. The monoisotopic (exact) mass is 859 g/mol. The Kier molecular flexibility index (Phi) is 18.1. The standard InChI is InChI=1S/C26H46N4O6.C15H28N2O5S/c1-6-34-23(31)16-22(24(32)35-7-2)28-14-12-27(13-15-28)18-21-19-29(25(33)36-21)17-20-8-10-30(11-9-20)26(3,4)5;1-15(2,3)17-7-5-12(6-8-17)9-16-10-13(22-14(16)18)11-21-23(4,19)20/h20-22H,6-19H2,1-5H3;12-13H,5-11H2,1-4H3. The van der Waals surface area contributed by atoms with Crippen LogP contribution in [-0.2, 0) is 42.8 Å². The van der Waals surface area contributed by atoms with Gasteiger partial charge in [0.2, 0.25) is 0 Å². The first-order chi connectivity index (χ1) is 27.6. The summed E-state index contributed by atoms with van der Waals surface area (Å²) in [7, 11) is -3.51. The number of hydrogen-bond donors (Lipinski definition) is 0. The summed E-state index contributed by atoms with van der Waals surface area (Å²) in [5.74, 6) is 0.223. The summed E-state index contributed by atoms with van der Waals surface area (Å²) < 4.78 is 47.9. The maximum Gasteiger partial charge on any atom is 0.410 e. The molecule has 0 aromatic heterocycles. The molecule has 18 heteroatoms. The van der Waals surface area contributed by atoms with Gasteiger partial charge in [0.05, 0.1) is 39.0 Å². The quantitative estimate of drug-likeness (QED) is 0.134. The molecule has 17 nitrogen and oxygen atoms in total. The second-order valence-electron chi connectivity index (χ2n) is 18.6. The Balaban J connectivity index is 0.000000288. The van der Waals surface area contributed by atoms with Crippen LogP contribution < -0.4 is 0 Å². The molecular weight excluding hydrogens is 785 g/mol. The van der Waals surface area contributed by atoms with Crippen LogP contribution in [0.4, 0.5) is 9.59 Å². The summed E-state index contributed by atoms with van der Waals surface area (Å²) in [6, 6.07) is -0.629. The first-order valence-electron chi connectivity index (χ1n) is 21.7. The highest BCUT2D eigenvalue weighted by Gasteiger charge is 2.38. The minimum Gasteiger partial charge on any atom is -0.466 e. The number of carbonyl (C=O) groups is 4. The molecule has 5 heterocycles. The van der Waals surface area contributed by atoms with Crippen LogP contribution in [0, 0.1) is 11.8 Å². The Morgan fingerprint density at radius 3 is 1.59 bits per heavy atom. The van der Waals surface area contributed by atoms with Gasteiger partial charge >= 0.3 is 24.1 Å². The van der Waals surface area contributed by atoms with Crippen molar-refractivity contribution in [1.82, 2.24) is 29.4 Å². The molecule has 59 heavy (non-hydrogen) atoms. The summed E-state index contributed by atoms with van der Waals surface area (Å²) >= 11 is 0. The van der Waals surface area contributed by atoms with E-state index in [0.29, 0.717) is 51.1 Å². The highest BCUT2D eigenvalue weighted by Crippen LogP contribution is 2.28. The zero-order valence-corrected chi connectivity index (χ0v) is 38.1. The molecule has 340 valence electrons. The third-order valence-electron chi connectivity index (χ3n) is 12.0. The molecule has 0 spiro atoms. The Labute approximate surface area is 353 Å². The van der Waals surface area contributed by atoms with E-state index in [9.17, 15) is 27.6 Å². The summed E-state index contributed by atoms with van der Waals surface area (Å²) in [5.41, 5.74) is 0.382. The molecule has 0 aromatic carbocycles. The van der Waals surface area contributed by atoms with Gasteiger partial charge in [-0.05, 0) is 119 Å². The molecule has 0 bridgehead atoms. The van der Waals surface area contributed by atoms with Crippen molar-refractivity contribution in [3.63, 3.8) is 0 Å². The van der Waals surface area contributed by atoms with Crippen molar-refractivity contribution in [2.24, 2.45) is 11.8 Å². The van der Waals surface area contributed by atoms with E-state index in [1.807, 2.05) is 9.80 Å². The van der Waals surface area contributed by atoms with Crippen LogP contribution in [0.15, 0.2) is 0 Å². The summed E-state index contributed by atoms with van der Waals surface area (Å²) in [6.45, 7) is 27.5. The fraction of sp³-hybridized carbons (Fsp3) is 0.902. The first kappa shape index (κ1) is 48.9. The highest BCUT2D eigenvalue weighted by molar-refractivity contribution is 7.85. The summed E-state index contributed by atoms with van der Waals surface area (Å²) in [4.78, 5) is 61.8. The number of carbonyl (C=O) groups excluding carboxylic acids is 4. The van der Waals surface area contributed by atoms with E-state index in [4.69, 9.17) is 23.1 Å². The Morgan fingerprint density at radius 2 is 1.15 bits per heavy atom. The van der Waals surface area contributed by atoms with E-state index in [-0.39, 0.29) is 67.5 Å². The molecule has 5 aliphatic heterocycles. The largest absolute Gasteiger partial charge is 0.466 e. The van der Waals surface area contributed by atoms with Crippen molar-refractivity contribution in [3.05, 3.63) is 0 Å². The van der Waals surface area contributed by atoms with Gasteiger partial charge in [-0.3, -0.25) is 33.4 Å². The third-order valence-corrected chi connectivity index (χ3v) is 12.5. The molecule has 0 aromatic rings. The number of ether oxygens (including phenoxy) is 4. The van der Waals surface area contributed by atoms with E-state index in [1.54, 1.807) is 18.7 Å². The lowest BCUT2D eigenvalue weighted by molar-refractivity contribution is -0.157. The van der Waals surface area contributed by atoms with Crippen LogP contribution in [0.5, 0.6) is 0 Å². The van der Waals surface area contributed by atoms with Gasteiger partial charge in [0.25, 0.3) is 10.1 Å². The molecule has 3 atom stereocenters. The van der Waals surface area contributed by atoms with Crippen LogP contribution in [-0.4, -0.2) is 202 Å². The van der Waals surface area contributed by atoms with Crippen LogP contribution in [0.2, 0.25) is 0 Å². The van der Waals surface area contributed by atoms with Gasteiger partial charge in [0, 0.05) is 56.9 Å². The number of nitrogens with zero attached hydrogens (tertiary/aromatic N) is 6. The van der Waals surface area contributed by atoms with Gasteiger partial charge < -0.3 is 28.7 Å². The van der Waals surface area contributed by atoms with Crippen molar-refractivity contribution >= 4 is 34.2 Å². The molecule has 2 amide bonds. The second kappa shape index (κ2) is 21.8. The molecule has 0 saturated carbocycles. The number of likely N-dealkylation sites (tertiary alicyclic amines) is 2. The number of amides is 2. The number of hydrogen-bond acceptors (Lipinski definition) is 15. The minimum atomic E-state index is -3.51. The molecule has 0 aliphatic carbocycles. The maximum atomic E-state index is 12.5. The lowest BCUT2D eigenvalue weighted by Gasteiger charge is -2.41. The zero-order chi connectivity index (χ0) is 43.5. The van der Waals surface area contributed by atoms with Crippen LogP contribution in [0.25, 0.3) is 0 Å². The molecule has 5 fully saturated rings. The third kappa shape index (κ3) is 15.9. The van der Waals surface area contributed by atoms with Gasteiger partial charge in [-0.15, -0.1) is 0 Å². The normalized spacial score (nSPS) is 24.4. The average Bonchev–Trinajstić information content (AvgIpc) is 3.69. The van der Waals surface area contributed by atoms with Crippen molar-refractivity contribution in [1.29, 1.82) is 0 Å². The Morgan fingerprint density at radius 1 is 0.695 bits per heavy atom. The molecule has 5 aliphatic rings. The van der Waals surface area contributed by atoms with Gasteiger partial charge in [0.15, 0.2) is 0 Å². The minimum absolute atomic E-state index is 0.00342. The Hall–Kier alpha value is -2.77. The van der Waals surface area contributed by atoms with Crippen LogP contribution >= 0.6 is 0 Å². The summed E-state index contributed by atoms with van der Waals surface area (Å²) in [6.07, 6.45) is 4.12. The summed E-state index contributed by atoms with van der Waals surface area (Å²) in [5, 5.41) is 0. The van der Waals surface area contributed by atoms with Gasteiger partial charge in [0.1, 0.15) is 24.9 Å². The van der Waals surface area contributed by atoms with E-state index in [2.05, 4.69) is 56.2 Å². The molecular formula is C41H74N6O11S. The predicted octanol–water partition coefficient (Wildman–Crippen LogP) is 3.11. The maximum absolute atomic E-state index is 12.5. The first-order valence-corrected chi connectivity index (χ1v) is 23.5. The van der Waals surface area contributed by atoms with Gasteiger partial charge in [-0.2, -0.15) is 8.42 Å². The smallest absolute Gasteiger partial charge is 0.410 e. The van der Waals surface area contributed by atoms with Gasteiger partial charge in [-0.1, -0.05) is 0 Å². The number of cyclic esters (lactones) is 2. The predicted molar refractivity (Wildman–Crippen MR) is 222 cm³/mol. The van der Waals surface area contributed by atoms with Crippen LogP contribution in [0.1, 0.15) is 87.5 Å². The van der Waals surface area contributed by atoms with E-state index < -0.39 is 22.3 Å². The lowest BCUT2D eigenvalue weighted by atomic mass is 9.92. The highest BCUT2D eigenvalue weighted by atomic mass is 32.2. The van der Waals surface area contributed by atoms with E-state index in [1.165, 1.54) is 0 Å². The fourth-order valence-corrected chi connectivity index (χ4v) is 8.95. The van der Waals surface area contributed by atoms with Gasteiger partial charge in [-0.25, -0.2) is 9.59 Å². The topological polar surface area (TPSA) is 168 Å². The number of piperazine rings is 1. The van der Waals surface area contributed by atoms with E-state index in [0.717, 1.165) is 77.8 Å². The fourth-order valence-electron chi connectivity index (χ4n) is 8.55. The molecule has 5 saturated heterocycles. The molecule has 0 radical (unpaired) electrons. The van der Waals surface area contributed by atoms with Crippen LogP contribution in [0.3, 0.4) is 0 Å². The average molecular weight is 859 g/mol. The van der Waals surface area contributed by atoms with Crippen molar-refractivity contribution in [2.45, 2.75) is 117 Å². The number of esters is 2. The SMILES string of the molecule is CC(C)(C)N1CCC(CN2CC(COS(C)(=O)=O)OC2=O)CC1.CCOC(=O)CC(C(=O)OCC)N1CCN(CC2CN(CC3CCN(C(C)(C)C)CC3)C(=O)O2)CC1. The van der Waals surface area contributed by atoms with Crippen molar-refractivity contribution < 1.29 is 50.7 Å². The molecule has 3 unspecified atom stereocenters. The number of rotatable bonds is 15. The second-order valence-corrected chi connectivity index (χ2v) is 20.3. The lowest BCUT2D eigenvalue weighted by Crippen LogP contribution is -2.54. The zero-order valence-electron chi connectivity index (χ0n) is 37.3.